The number of halogens is 1. The Morgan fingerprint density at radius 2 is 2.07 bits per heavy atom. The summed E-state index contributed by atoms with van der Waals surface area (Å²) in [6.07, 6.45) is 2.75. The van der Waals surface area contributed by atoms with E-state index in [1.54, 1.807) is 17.0 Å². The van der Waals surface area contributed by atoms with E-state index in [1.807, 2.05) is 12.1 Å². The van der Waals surface area contributed by atoms with Crippen LogP contribution in [0.1, 0.15) is 15.9 Å². The number of aliphatic hydroxyl groups excluding tert-OH is 1. The quantitative estimate of drug-likeness (QED) is 0.677. The van der Waals surface area contributed by atoms with E-state index in [0.29, 0.717) is 17.0 Å². The number of carbonyl (C=O) groups excluding carboxylic acids is 2. The third-order valence-corrected chi connectivity index (χ3v) is 5.58. The number of aromatic amines is 1. The first-order chi connectivity index (χ1) is 13.5. The molecule has 0 aliphatic carbocycles. The van der Waals surface area contributed by atoms with E-state index in [-0.39, 0.29) is 38.1 Å². The van der Waals surface area contributed by atoms with Crippen LogP contribution in [-0.4, -0.2) is 70.5 Å². The van der Waals surface area contributed by atoms with E-state index < -0.39 is 17.6 Å². The maximum absolute atomic E-state index is 13.1. The number of nitrogens with one attached hydrogen (secondary N) is 2. The average molecular weight is 405 g/mol. The van der Waals surface area contributed by atoms with Crippen molar-refractivity contribution in [3.63, 3.8) is 0 Å². The Morgan fingerprint density at radius 1 is 1.32 bits per heavy atom. The lowest BCUT2D eigenvalue weighted by Crippen LogP contribution is -2.67. The zero-order valence-corrected chi connectivity index (χ0v) is 15.9. The molecular weight excluding hydrogens is 384 g/mol. The van der Waals surface area contributed by atoms with Crippen LogP contribution in [0.2, 0.25) is 5.02 Å². The van der Waals surface area contributed by atoms with Crippen molar-refractivity contribution in [2.75, 3.05) is 26.3 Å². The first-order valence-electron chi connectivity index (χ1n) is 9.06. The normalized spacial score (nSPS) is 23.3. The topological polar surface area (TPSA) is 108 Å². The van der Waals surface area contributed by atoms with Crippen molar-refractivity contribution in [2.45, 2.75) is 18.6 Å². The van der Waals surface area contributed by atoms with Crippen molar-refractivity contribution in [2.24, 2.45) is 5.41 Å². The molecule has 148 valence electrons. The van der Waals surface area contributed by atoms with Crippen molar-refractivity contribution in [3.8, 4) is 0 Å². The Kier molecular flexibility index (Phi) is 5.09. The summed E-state index contributed by atoms with van der Waals surface area (Å²) in [6, 6.07) is 6.89. The third-order valence-electron chi connectivity index (χ3n) is 5.32. The number of H-pyrrole nitrogens is 1. The van der Waals surface area contributed by atoms with Gasteiger partial charge >= 0.3 is 0 Å². The molecule has 0 unspecified atom stereocenters. The molecular formula is C19H21ClN4O4. The number of aromatic nitrogens is 2. The van der Waals surface area contributed by atoms with Crippen molar-refractivity contribution >= 4 is 23.4 Å². The number of ether oxygens (including phenoxy) is 1. The van der Waals surface area contributed by atoms with E-state index in [9.17, 15) is 14.7 Å². The van der Waals surface area contributed by atoms with Gasteiger partial charge < -0.3 is 20.1 Å². The molecule has 28 heavy (non-hydrogen) atoms. The van der Waals surface area contributed by atoms with Gasteiger partial charge in [0.1, 0.15) is 0 Å². The number of nitrogens with zero attached hydrogens (tertiary/aromatic N) is 2. The maximum Gasteiger partial charge on any atom is 0.257 e. The second-order valence-electron chi connectivity index (χ2n) is 7.42. The Bertz CT molecular complexity index is 849. The highest BCUT2D eigenvalue weighted by Crippen LogP contribution is 2.36. The van der Waals surface area contributed by atoms with Crippen LogP contribution < -0.4 is 5.32 Å². The predicted octanol–water partition coefficient (Wildman–Crippen LogP) is 0.624. The molecule has 2 aliphatic heterocycles. The number of amides is 2. The van der Waals surface area contributed by atoms with Gasteiger partial charge in [0.25, 0.3) is 5.91 Å². The number of carbonyl (C=O) groups is 2. The lowest BCUT2D eigenvalue weighted by atomic mass is 9.73. The Hall–Kier alpha value is -2.42. The summed E-state index contributed by atoms with van der Waals surface area (Å²) in [6.45, 7) is 1.06. The van der Waals surface area contributed by atoms with Gasteiger partial charge in [-0.1, -0.05) is 23.7 Å². The second-order valence-corrected chi connectivity index (χ2v) is 7.85. The van der Waals surface area contributed by atoms with E-state index in [4.69, 9.17) is 16.3 Å². The number of aliphatic hydroxyl groups is 1. The van der Waals surface area contributed by atoms with E-state index in [2.05, 4.69) is 15.5 Å². The molecule has 9 heteroatoms. The van der Waals surface area contributed by atoms with Crippen LogP contribution >= 0.6 is 11.6 Å². The molecule has 4 rings (SSSR count). The van der Waals surface area contributed by atoms with E-state index in [0.717, 1.165) is 5.56 Å². The molecule has 2 aliphatic rings. The minimum Gasteiger partial charge on any atom is -0.388 e. The van der Waals surface area contributed by atoms with Gasteiger partial charge in [-0.25, -0.2) is 0 Å². The van der Waals surface area contributed by atoms with Crippen molar-refractivity contribution in [3.05, 3.63) is 52.8 Å². The van der Waals surface area contributed by atoms with Gasteiger partial charge in [-0.2, -0.15) is 5.10 Å². The van der Waals surface area contributed by atoms with Gasteiger partial charge in [-0.05, 0) is 24.1 Å². The molecule has 2 amide bonds. The summed E-state index contributed by atoms with van der Waals surface area (Å²) < 4.78 is 5.22. The van der Waals surface area contributed by atoms with Crippen molar-refractivity contribution < 1.29 is 19.4 Å². The molecule has 0 spiro atoms. The Morgan fingerprint density at radius 3 is 2.68 bits per heavy atom. The average Bonchev–Trinajstić information content (AvgIpc) is 3.31. The van der Waals surface area contributed by atoms with Crippen LogP contribution in [-0.2, 0) is 16.0 Å². The van der Waals surface area contributed by atoms with Crippen LogP contribution in [0.5, 0.6) is 0 Å². The molecule has 2 atom stereocenters. The van der Waals surface area contributed by atoms with Crippen LogP contribution in [0.15, 0.2) is 36.7 Å². The maximum atomic E-state index is 13.1. The molecule has 2 saturated heterocycles. The van der Waals surface area contributed by atoms with E-state index >= 15 is 0 Å². The fourth-order valence-corrected chi connectivity index (χ4v) is 3.84. The summed E-state index contributed by atoms with van der Waals surface area (Å²) in [7, 11) is 0. The molecule has 0 bridgehead atoms. The molecule has 3 N–H and O–H groups in total. The summed E-state index contributed by atoms with van der Waals surface area (Å²) >= 11 is 5.96. The third kappa shape index (κ3) is 3.63. The lowest BCUT2D eigenvalue weighted by Gasteiger charge is -2.49. The highest BCUT2D eigenvalue weighted by molar-refractivity contribution is 6.30. The first-order valence-corrected chi connectivity index (χ1v) is 9.44. The number of rotatable bonds is 5. The second kappa shape index (κ2) is 7.54. The minimum atomic E-state index is -0.768. The van der Waals surface area contributed by atoms with Crippen LogP contribution in [0.4, 0.5) is 0 Å². The highest BCUT2D eigenvalue weighted by Gasteiger charge is 2.52. The largest absolute Gasteiger partial charge is 0.388 e. The molecule has 1 aromatic carbocycles. The lowest BCUT2D eigenvalue weighted by molar-refractivity contribution is -0.140. The predicted molar refractivity (Wildman–Crippen MR) is 101 cm³/mol. The minimum absolute atomic E-state index is 0.169. The summed E-state index contributed by atoms with van der Waals surface area (Å²) in [5.41, 5.74) is 0.647. The molecule has 3 heterocycles. The number of hydrogen-bond donors (Lipinski definition) is 3. The Balaban J connectivity index is 1.51. The SMILES string of the molecule is O=C(c1cn[nH]c1)N1CC(Cc2ccc(Cl)cc2)(C(=O)N[C@H]2COC[C@H]2O)C1. The Labute approximate surface area is 166 Å². The molecule has 8 nitrogen and oxygen atoms in total. The van der Waals surface area contributed by atoms with Crippen LogP contribution in [0.25, 0.3) is 0 Å². The summed E-state index contributed by atoms with van der Waals surface area (Å²) in [5, 5.41) is 19.9. The number of hydrogen-bond acceptors (Lipinski definition) is 5. The van der Waals surface area contributed by atoms with Crippen LogP contribution in [0.3, 0.4) is 0 Å². The molecule has 1 aromatic heterocycles. The van der Waals surface area contributed by atoms with Gasteiger partial charge in [0.15, 0.2) is 0 Å². The van der Waals surface area contributed by atoms with Crippen molar-refractivity contribution in [1.29, 1.82) is 0 Å². The van der Waals surface area contributed by atoms with Gasteiger partial charge in [-0.15, -0.1) is 0 Å². The fourth-order valence-electron chi connectivity index (χ4n) is 3.71. The summed E-state index contributed by atoms with van der Waals surface area (Å²) in [5.74, 6) is -0.356. The fraction of sp³-hybridized carbons (Fsp3) is 0.421. The monoisotopic (exact) mass is 404 g/mol. The van der Waals surface area contributed by atoms with Crippen LogP contribution in [0, 0.1) is 5.41 Å². The first kappa shape index (κ1) is 18.9. The smallest absolute Gasteiger partial charge is 0.257 e. The zero-order chi connectivity index (χ0) is 19.7. The van der Waals surface area contributed by atoms with Gasteiger partial charge in [-0.3, -0.25) is 14.7 Å². The highest BCUT2D eigenvalue weighted by atomic mass is 35.5. The summed E-state index contributed by atoms with van der Waals surface area (Å²) in [4.78, 5) is 27.3. The van der Waals surface area contributed by atoms with E-state index in [1.165, 1.54) is 12.4 Å². The molecule has 2 aromatic rings. The number of benzene rings is 1. The molecule has 2 fully saturated rings. The number of likely N-dealkylation sites (tertiary alicyclic amines) is 1. The molecule has 0 radical (unpaired) electrons. The van der Waals surface area contributed by atoms with Crippen molar-refractivity contribution in [1.82, 2.24) is 20.4 Å². The van der Waals surface area contributed by atoms with Gasteiger partial charge in [0.05, 0.1) is 42.5 Å². The standard InChI is InChI=1S/C19H21ClN4O4/c20-14-3-1-12(2-4-14)5-19(18(27)23-15-8-28-9-16(15)25)10-24(11-19)17(26)13-6-21-22-7-13/h1-4,6-7,15-16,25H,5,8-11H2,(H,21,22)(H,23,27)/t15-,16+/m0/s1. The van der Waals surface area contributed by atoms with Gasteiger partial charge in [0.2, 0.25) is 5.91 Å². The zero-order valence-electron chi connectivity index (χ0n) is 15.1. The van der Waals surface area contributed by atoms with Gasteiger partial charge in [0, 0.05) is 24.3 Å². The molecule has 0 saturated carbocycles.